The fraction of sp³-hybridized carbons (Fsp3) is 0.538. The van der Waals surface area contributed by atoms with Crippen LogP contribution < -0.4 is 11.3 Å². The number of pyridine rings is 1. The van der Waals surface area contributed by atoms with Gasteiger partial charge in [0.2, 0.25) is 0 Å². The summed E-state index contributed by atoms with van der Waals surface area (Å²) in [6, 6.07) is 1.44. The number of fused-ring (bicyclic) bond motifs is 1. The van der Waals surface area contributed by atoms with Crippen molar-refractivity contribution in [1.29, 1.82) is 0 Å². The molecule has 2 aliphatic rings. The van der Waals surface area contributed by atoms with E-state index < -0.39 is 5.82 Å². The molecule has 1 saturated carbocycles. The van der Waals surface area contributed by atoms with E-state index >= 15 is 0 Å². The maximum Gasteiger partial charge on any atom is 0.257 e. The Balaban J connectivity index is 1.88. The number of nitrogens with one attached hydrogen (secondary N) is 1. The maximum absolute atomic E-state index is 14.1. The summed E-state index contributed by atoms with van der Waals surface area (Å²) < 4.78 is 19.8. The lowest BCUT2D eigenvalue weighted by Crippen LogP contribution is -2.51. The van der Waals surface area contributed by atoms with Gasteiger partial charge in [-0.15, -0.1) is 0 Å². The van der Waals surface area contributed by atoms with Crippen LogP contribution in [0.2, 0.25) is 0 Å². The number of anilines is 1. The molecule has 1 aliphatic carbocycles. The molecule has 1 aromatic rings. The predicted octanol–water partition coefficient (Wildman–Crippen LogP) is 0.900. The van der Waals surface area contributed by atoms with Crippen LogP contribution in [-0.2, 0) is 4.74 Å². The van der Waals surface area contributed by atoms with Crippen LogP contribution in [0.4, 0.5) is 10.2 Å². The fourth-order valence-electron chi connectivity index (χ4n) is 3.04. The highest BCUT2D eigenvalue weighted by Gasteiger charge is 2.39. The SMILES string of the molecule is NNc1nccc(C(=O)N2CCOC3CCCC32)c1F. The number of hydrazine groups is 1. The highest BCUT2D eigenvalue weighted by atomic mass is 19.1. The molecule has 1 aliphatic heterocycles. The molecule has 2 fully saturated rings. The molecule has 0 radical (unpaired) electrons. The number of amides is 1. The zero-order valence-electron chi connectivity index (χ0n) is 11.0. The number of halogens is 1. The van der Waals surface area contributed by atoms with Crippen molar-refractivity contribution in [2.45, 2.75) is 31.4 Å². The van der Waals surface area contributed by atoms with Crippen LogP contribution in [0.5, 0.6) is 0 Å². The zero-order valence-corrected chi connectivity index (χ0v) is 11.0. The van der Waals surface area contributed by atoms with E-state index in [-0.39, 0.29) is 29.4 Å². The third-order valence-corrected chi connectivity index (χ3v) is 4.00. The first-order valence-corrected chi connectivity index (χ1v) is 6.76. The number of carbonyl (C=O) groups is 1. The molecular weight excluding hydrogens is 263 g/mol. The van der Waals surface area contributed by atoms with Gasteiger partial charge in [-0.3, -0.25) is 4.79 Å². The Morgan fingerprint density at radius 2 is 2.40 bits per heavy atom. The van der Waals surface area contributed by atoms with Crippen molar-refractivity contribution >= 4 is 11.7 Å². The Morgan fingerprint density at radius 3 is 3.20 bits per heavy atom. The quantitative estimate of drug-likeness (QED) is 0.621. The Morgan fingerprint density at radius 1 is 1.55 bits per heavy atom. The minimum Gasteiger partial charge on any atom is -0.374 e. The van der Waals surface area contributed by atoms with Crippen molar-refractivity contribution in [2.75, 3.05) is 18.6 Å². The number of nitrogens with two attached hydrogens (primary N) is 1. The second-order valence-corrected chi connectivity index (χ2v) is 5.07. The predicted molar refractivity (Wildman–Crippen MR) is 70.4 cm³/mol. The van der Waals surface area contributed by atoms with Gasteiger partial charge in [0.05, 0.1) is 24.3 Å². The van der Waals surface area contributed by atoms with Gasteiger partial charge in [0, 0.05) is 12.7 Å². The number of hydrogen-bond acceptors (Lipinski definition) is 5. The maximum atomic E-state index is 14.1. The van der Waals surface area contributed by atoms with E-state index in [0.29, 0.717) is 13.2 Å². The minimum atomic E-state index is -0.707. The number of ether oxygens (including phenoxy) is 1. The fourth-order valence-corrected chi connectivity index (χ4v) is 3.04. The molecule has 20 heavy (non-hydrogen) atoms. The molecular formula is C13H17FN4O2. The number of rotatable bonds is 2. The third-order valence-electron chi connectivity index (χ3n) is 4.00. The molecule has 2 unspecified atom stereocenters. The lowest BCUT2D eigenvalue weighted by Gasteiger charge is -2.37. The summed E-state index contributed by atoms with van der Waals surface area (Å²) in [7, 11) is 0. The summed E-state index contributed by atoms with van der Waals surface area (Å²) in [6.07, 6.45) is 4.37. The number of hydrogen-bond donors (Lipinski definition) is 2. The van der Waals surface area contributed by atoms with Gasteiger partial charge >= 0.3 is 0 Å². The molecule has 3 rings (SSSR count). The third kappa shape index (κ3) is 2.12. The van der Waals surface area contributed by atoms with Gasteiger partial charge in [0.15, 0.2) is 11.6 Å². The normalized spacial score (nSPS) is 25.4. The van der Waals surface area contributed by atoms with E-state index in [0.717, 1.165) is 19.3 Å². The van der Waals surface area contributed by atoms with Gasteiger partial charge in [-0.25, -0.2) is 15.2 Å². The number of nitrogen functional groups attached to an aromatic ring is 1. The molecule has 2 atom stereocenters. The molecule has 1 saturated heterocycles. The monoisotopic (exact) mass is 280 g/mol. The van der Waals surface area contributed by atoms with Crippen LogP contribution >= 0.6 is 0 Å². The van der Waals surface area contributed by atoms with Crippen molar-refractivity contribution < 1.29 is 13.9 Å². The lowest BCUT2D eigenvalue weighted by molar-refractivity contribution is -0.0446. The molecule has 0 bridgehead atoms. The van der Waals surface area contributed by atoms with E-state index in [4.69, 9.17) is 10.6 Å². The first kappa shape index (κ1) is 13.3. The number of aromatic nitrogens is 1. The van der Waals surface area contributed by atoms with Gasteiger partial charge < -0.3 is 15.1 Å². The zero-order chi connectivity index (χ0) is 14.1. The first-order valence-electron chi connectivity index (χ1n) is 6.76. The molecule has 2 heterocycles. The second-order valence-electron chi connectivity index (χ2n) is 5.07. The molecule has 0 spiro atoms. The lowest BCUT2D eigenvalue weighted by atomic mass is 10.1. The average Bonchev–Trinajstić information content (AvgIpc) is 2.95. The Labute approximate surface area is 116 Å². The molecule has 1 amide bonds. The summed E-state index contributed by atoms with van der Waals surface area (Å²) in [5.74, 6) is 4.04. The molecule has 108 valence electrons. The van der Waals surface area contributed by atoms with E-state index in [1.165, 1.54) is 12.3 Å². The van der Waals surface area contributed by atoms with E-state index in [1.807, 2.05) is 0 Å². The molecule has 1 aromatic heterocycles. The van der Waals surface area contributed by atoms with Crippen LogP contribution in [0.3, 0.4) is 0 Å². The summed E-state index contributed by atoms with van der Waals surface area (Å²) in [6.45, 7) is 0.995. The second kappa shape index (κ2) is 5.34. The number of nitrogens with zero attached hydrogens (tertiary/aromatic N) is 2. The average molecular weight is 280 g/mol. The highest BCUT2D eigenvalue weighted by Crippen LogP contribution is 2.31. The molecule has 6 nitrogen and oxygen atoms in total. The van der Waals surface area contributed by atoms with Crippen molar-refractivity contribution in [3.63, 3.8) is 0 Å². The van der Waals surface area contributed by atoms with Crippen molar-refractivity contribution in [1.82, 2.24) is 9.88 Å². The summed E-state index contributed by atoms with van der Waals surface area (Å²) in [4.78, 5) is 18.0. The highest BCUT2D eigenvalue weighted by molar-refractivity contribution is 5.95. The molecule has 7 heteroatoms. The van der Waals surface area contributed by atoms with Crippen LogP contribution in [0.15, 0.2) is 12.3 Å². The molecule has 0 aromatic carbocycles. The summed E-state index contributed by atoms with van der Waals surface area (Å²) >= 11 is 0. The minimum absolute atomic E-state index is 0.000463. The summed E-state index contributed by atoms with van der Waals surface area (Å²) in [5, 5.41) is 0. The van der Waals surface area contributed by atoms with E-state index in [1.54, 1.807) is 4.90 Å². The van der Waals surface area contributed by atoms with Crippen molar-refractivity contribution in [2.24, 2.45) is 5.84 Å². The van der Waals surface area contributed by atoms with Crippen LogP contribution in [-0.4, -0.2) is 41.1 Å². The van der Waals surface area contributed by atoms with Crippen molar-refractivity contribution in [3.05, 3.63) is 23.6 Å². The largest absolute Gasteiger partial charge is 0.374 e. The Kier molecular flexibility index (Phi) is 3.54. The van der Waals surface area contributed by atoms with Gasteiger partial charge in [-0.2, -0.15) is 0 Å². The van der Waals surface area contributed by atoms with Gasteiger partial charge in [-0.1, -0.05) is 0 Å². The number of carbonyl (C=O) groups excluding carboxylic acids is 1. The first-order chi connectivity index (χ1) is 9.72. The Bertz CT molecular complexity index is 525. The van der Waals surface area contributed by atoms with Crippen LogP contribution in [0.25, 0.3) is 0 Å². The topological polar surface area (TPSA) is 80.5 Å². The van der Waals surface area contributed by atoms with Gasteiger partial charge in [0.25, 0.3) is 5.91 Å². The van der Waals surface area contributed by atoms with Crippen LogP contribution in [0.1, 0.15) is 29.6 Å². The Hall–Kier alpha value is -1.73. The standard InChI is InChI=1S/C13H17FN4O2/c14-11-8(4-5-16-12(11)17-15)13(19)18-6-7-20-10-3-1-2-9(10)18/h4-5,9-10H,1-3,6-7,15H2,(H,16,17). The number of morpholine rings is 1. The van der Waals surface area contributed by atoms with Gasteiger partial charge in [-0.05, 0) is 25.3 Å². The smallest absolute Gasteiger partial charge is 0.257 e. The summed E-state index contributed by atoms with van der Waals surface area (Å²) in [5.41, 5.74) is 2.16. The van der Waals surface area contributed by atoms with Crippen LogP contribution in [0, 0.1) is 5.82 Å². The van der Waals surface area contributed by atoms with E-state index in [9.17, 15) is 9.18 Å². The van der Waals surface area contributed by atoms with E-state index in [2.05, 4.69) is 10.4 Å². The van der Waals surface area contributed by atoms with Gasteiger partial charge in [0.1, 0.15) is 0 Å². The molecule has 3 N–H and O–H groups in total. The van der Waals surface area contributed by atoms with Crippen molar-refractivity contribution in [3.8, 4) is 0 Å².